The van der Waals surface area contributed by atoms with E-state index in [9.17, 15) is 18.0 Å². The quantitative estimate of drug-likeness (QED) is 0.641. The molecule has 0 spiro atoms. The molecule has 1 aromatic carbocycles. The Morgan fingerprint density at radius 3 is 2.62 bits per heavy atom. The molecule has 136 valence electrons. The maximum atomic E-state index is 12.7. The summed E-state index contributed by atoms with van der Waals surface area (Å²) in [5, 5.41) is 8.18. The third-order valence-electron chi connectivity index (χ3n) is 3.44. The van der Waals surface area contributed by atoms with Gasteiger partial charge in [-0.15, -0.1) is 0 Å². The number of pyridine rings is 1. The number of nitrogens with zero attached hydrogens (tertiary/aromatic N) is 4. The van der Waals surface area contributed by atoms with E-state index in [1.807, 2.05) is 0 Å². The molecule has 0 aliphatic heterocycles. The number of carbonyl (C=O) groups is 1. The zero-order chi connectivity index (χ0) is 18.9. The third-order valence-corrected chi connectivity index (χ3v) is 3.73. The van der Waals surface area contributed by atoms with Crippen molar-refractivity contribution in [2.75, 3.05) is 6.61 Å². The highest BCUT2D eigenvalue weighted by molar-refractivity contribution is 6.33. The minimum Gasteiger partial charge on any atom is -0.465 e. The molecule has 0 radical (unpaired) electrons. The lowest BCUT2D eigenvalue weighted by Gasteiger charge is -2.09. The Kier molecular flexibility index (Phi) is 4.82. The predicted molar refractivity (Wildman–Crippen MR) is 87.4 cm³/mol. The summed E-state index contributed by atoms with van der Waals surface area (Å²) in [6, 6.07) is 5.65. The predicted octanol–water partition coefficient (Wildman–Crippen LogP) is 3.73. The summed E-state index contributed by atoms with van der Waals surface area (Å²) in [5.74, 6) is -0.472. The van der Waals surface area contributed by atoms with Gasteiger partial charge in [0, 0.05) is 11.8 Å². The van der Waals surface area contributed by atoms with E-state index >= 15 is 0 Å². The van der Waals surface area contributed by atoms with Gasteiger partial charge in [0.2, 0.25) is 0 Å². The molecule has 0 unspecified atom stereocenters. The number of halogens is 4. The van der Waals surface area contributed by atoms with Crippen LogP contribution in [0.3, 0.4) is 0 Å². The molecule has 0 amide bonds. The Labute approximate surface area is 150 Å². The van der Waals surface area contributed by atoms with Crippen LogP contribution in [-0.2, 0) is 22.3 Å². The van der Waals surface area contributed by atoms with E-state index in [-0.39, 0.29) is 23.9 Å². The average molecular weight is 385 g/mol. The number of carbonyl (C=O) groups excluding carboxylic acids is 1. The molecular formula is C16H12ClF3N4O2. The zero-order valence-electron chi connectivity index (χ0n) is 13.4. The zero-order valence-corrected chi connectivity index (χ0v) is 14.2. The van der Waals surface area contributed by atoms with Gasteiger partial charge in [0.05, 0.1) is 22.9 Å². The SMILES string of the molecule is CCOC(=O)Cn1nc2ccc(-c3ncc(C(F)(F)F)cc3Cl)cc2n1. The van der Waals surface area contributed by atoms with Gasteiger partial charge in [-0.25, -0.2) is 4.79 Å². The molecule has 0 bridgehead atoms. The maximum absolute atomic E-state index is 12.7. The van der Waals surface area contributed by atoms with E-state index < -0.39 is 17.7 Å². The van der Waals surface area contributed by atoms with Crippen molar-refractivity contribution in [2.45, 2.75) is 19.6 Å². The van der Waals surface area contributed by atoms with Gasteiger partial charge >= 0.3 is 12.1 Å². The highest BCUT2D eigenvalue weighted by Crippen LogP contribution is 2.34. The van der Waals surface area contributed by atoms with Crippen molar-refractivity contribution in [3.8, 4) is 11.3 Å². The molecule has 3 aromatic rings. The van der Waals surface area contributed by atoms with Crippen LogP contribution in [0.5, 0.6) is 0 Å². The highest BCUT2D eigenvalue weighted by atomic mass is 35.5. The van der Waals surface area contributed by atoms with Crippen molar-refractivity contribution in [3.63, 3.8) is 0 Å². The second-order valence-corrected chi connectivity index (χ2v) is 5.70. The molecule has 0 atom stereocenters. The summed E-state index contributed by atoms with van der Waals surface area (Å²) in [4.78, 5) is 16.5. The van der Waals surface area contributed by atoms with Crippen LogP contribution in [0, 0.1) is 0 Å². The van der Waals surface area contributed by atoms with Gasteiger partial charge in [0.25, 0.3) is 0 Å². The van der Waals surface area contributed by atoms with Gasteiger partial charge in [0.15, 0.2) is 6.54 Å². The molecule has 0 fully saturated rings. The van der Waals surface area contributed by atoms with Crippen molar-refractivity contribution in [1.82, 2.24) is 20.0 Å². The molecule has 2 heterocycles. The monoisotopic (exact) mass is 384 g/mol. The fourth-order valence-corrected chi connectivity index (χ4v) is 2.58. The van der Waals surface area contributed by atoms with Crippen molar-refractivity contribution in [3.05, 3.63) is 41.0 Å². The van der Waals surface area contributed by atoms with E-state index in [0.29, 0.717) is 16.6 Å². The van der Waals surface area contributed by atoms with Crippen LogP contribution in [0.15, 0.2) is 30.5 Å². The number of rotatable bonds is 4. The Bertz CT molecular complexity index is 972. The van der Waals surface area contributed by atoms with E-state index in [4.69, 9.17) is 16.3 Å². The Morgan fingerprint density at radius 2 is 1.96 bits per heavy atom. The van der Waals surface area contributed by atoms with E-state index in [0.717, 1.165) is 12.3 Å². The topological polar surface area (TPSA) is 69.9 Å². The van der Waals surface area contributed by atoms with E-state index in [2.05, 4.69) is 15.2 Å². The highest BCUT2D eigenvalue weighted by Gasteiger charge is 2.31. The summed E-state index contributed by atoms with van der Waals surface area (Å²) in [7, 11) is 0. The molecule has 2 aromatic heterocycles. The number of aromatic nitrogens is 4. The van der Waals surface area contributed by atoms with Crippen LogP contribution in [0.2, 0.25) is 5.02 Å². The first kappa shape index (κ1) is 18.1. The molecule has 0 N–H and O–H groups in total. The molecule has 26 heavy (non-hydrogen) atoms. The van der Waals surface area contributed by atoms with Gasteiger partial charge in [0.1, 0.15) is 11.0 Å². The summed E-state index contributed by atoms with van der Waals surface area (Å²) in [6.45, 7) is 1.80. The number of hydrogen-bond donors (Lipinski definition) is 0. The Balaban J connectivity index is 1.93. The largest absolute Gasteiger partial charge is 0.465 e. The molecule has 0 aliphatic rings. The maximum Gasteiger partial charge on any atom is 0.417 e. The molecule has 0 saturated heterocycles. The smallest absolute Gasteiger partial charge is 0.417 e. The second kappa shape index (κ2) is 6.91. The van der Waals surface area contributed by atoms with Gasteiger partial charge in [-0.1, -0.05) is 17.7 Å². The number of hydrogen-bond acceptors (Lipinski definition) is 5. The van der Waals surface area contributed by atoms with Crippen LogP contribution in [0.1, 0.15) is 12.5 Å². The van der Waals surface area contributed by atoms with Crippen molar-refractivity contribution in [2.24, 2.45) is 0 Å². The number of alkyl halides is 3. The first-order valence-corrected chi connectivity index (χ1v) is 7.89. The first-order chi connectivity index (χ1) is 12.3. The number of fused-ring (bicyclic) bond motifs is 1. The molecular weight excluding hydrogens is 373 g/mol. The second-order valence-electron chi connectivity index (χ2n) is 5.29. The van der Waals surface area contributed by atoms with Crippen LogP contribution < -0.4 is 0 Å². The normalized spacial score (nSPS) is 11.7. The fourth-order valence-electron chi connectivity index (χ4n) is 2.30. The van der Waals surface area contributed by atoms with Crippen molar-refractivity contribution >= 4 is 28.6 Å². The van der Waals surface area contributed by atoms with Gasteiger partial charge in [-0.2, -0.15) is 28.2 Å². The number of esters is 1. The van der Waals surface area contributed by atoms with Crippen molar-refractivity contribution < 1.29 is 22.7 Å². The summed E-state index contributed by atoms with van der Waals surface area (Å²) >= 11 is 5.97. The number of benzene rings is 1. The lowest BCUT2D eigenvalue weighted by atomic mass is 10.1. The van der Waals surface area contributed by atoms with Gasteiger partial charge in [-0.3, -0.25) is 4.98 Å². The van der Waals surface area contributed by atoms with Crippen LogP contribution in [0.25, 0.3) is 22.3 Å². The summed E-state index contributed by atoms with van der Waals surface area (Å²) < 4.78 is 43.0. The third kappa shape index (κ3) is 3.77. The number of ether oxygens (including phenoxy) is 1. The van der Waals surface area contributed by atoms with Crippen molar-refractivity contribution in [1.29, 1.82) is 0 Å². The minimum absolute atomic E-state index is 0.127. The minimum atomic E-state index is -4.52. The molecule has 6 nitrogen and oxygen atoms in total. The molecule has 0 aliphatic carbocycles. The van der Waals surface area contributed by atoms with Gasteiger partial charge < -0.3 is 4.74 Å². The molecule has 3 rings (SSSR count). The molecule has 10 heteroatoms. The lowest BCUT2D eigenvalue weighted by molar-refractivity contribution is -0.144. The van der Waals surface area contributed by atoms with E-state index in [1.54, 1.807) is 25.1 Å². The van der Waals surface area contributed by atoms with E-state index in [1.165, 1.54) is 4.80 Å². The Hall–Kier alpha value is -2.68. The fraction of sp³-hybridized carbons (Fsp3) is 0.250. The lowest BCUT2D eigenvalue weighted by Crippen LogP contribution is -2.15. The van der Waals surface area contributed by atoms with Gasteiger partial charge in [-0.05, 0) is 25.1 Å². The standard InChI is InChI=1S/C16H12ClF3N4O2/c1-2-26-14(25)8-24-22-12-4-3-9(5-13(12)23-24)15-11(17)6-10(7-21-15)16(18,19)20/h3-7H,2,8H2,1H3. The summed E-state index contributed by atoms with van der Waals surface area (Å²) in [6.07, 6.45) is -3.79. The van der Waals surface area contributed by atoms with Crippen LogP contribution in [0.4, 0.5) is 13.2 Å². The average Bonchev–Trinajstić information content (AvgIpc) is 2.95. The molecule has 0 saturated carbocycles. The van der Waals surface area contributed by atoms with Crippen LogP contribution in [-0.4, -0.2) is 32.6 Å². The Morgan fingerprint density at radius 1 is 1.23 bits per heavy atom. The van der Waals surface area contributed by atoms with Crippen LogP contribution >= 0.6 is 11.6 Å². The summed E-state index contributed by atoms with van der Waals surface area (Å²) in [5.41, 5.74) is 0.722. The first-order valence-electron chi connectivity index (χ1n) is 7.51.